The number of ether oxygens (including phenoxy) is 2. The number of carbonyl (C=O) groups excluding carboxylic acids is 2. The van der Waals surface area contributed by atoms with Crippen LogP contribution in [0.1, 0.15) is 36.5 Å². The van der Waals surface area contributed by atoms with Gasteiger partial charge in [0.05, 0.1) is 29.1 Å². The predicted molar refractivity (Wildman–Crippen MR) is 133 cm³/mol. The number of carbonyl (C=O) groups is 2. The van der Waals surface area contributed by atoms with Crippen LogP contribution in [0.4, 0.5) is 5.69 Å². The first-order valence-corrected chi connectivity index (χ1v) is 11.8. The number of nitro benzene ring substituents is 1. The van der Waals surface area contributed by atoms with Gasteiger partial charge in [0.25, 0.3) is 5.69 Å². The number of fused-ring (bicyclic) bond motifs is 1. The highest BCUT2D eigenvalue weighted by Gasteiger charge is 2.39. The molecule has 0 radical (unpaired) electrons. The van der Waals surface area contributed by atoms with Crippen LogP contribution in [-0.2, 0) is 32.2 Å². The third-order valence-electron chi connectivity index (χ3n) is 6.43. The summed E-state index contributed by atoms with van der Waals surface area (Å²) in [6.45, 7) is 5.57. The van der Waals surface area contributed by atoms with E-state index in [1.54, 1.807) is 13.8 Å². The zero-order chi connectivity index (χ0) is 26.0. The molecule has 0 aliphatic carbocycles. The lowest BCUT2D eigenvalue weighted by Crippen LogP contribution is -2.33. The number of nitrogens with one attached hydrogen (secondary N) is 1. The van der Waals surface area contributed by atoms with Crippen molar-refractivity contribution >= 4 is 29.2 Å². The van der Waals surface area contributed by atoms with Crippen LogP contribution in [0.3, 0.4) is 0 Å². The Balaban J connectivity index is 1.61. The monoisotopic (exact) mass is 511 g/mol. The van der Waals surface area contributed by atoms with Crippen molar-refractivity contribution in [1.82, 2.24) is 10.2 Å². The second-order valence-electron chi connectivity index (χ2n) is 8.71. The van der Waals surface area contributed by atoms with Crippen molar-refractivity contribution in [1.29, 1.82) is 0 Å². The molecule has 0 spiro atoms. The number of nitrogens with zero attached hydrogens (tertiary/aromatic N) is 2. The Kier molecular flexibility index (Phi) is 7.42. The van der Waals surface area contributed by atoms with E-state index in [-0.39, 0.29) is 34.0 Å². The highest BCUT2D eigenvalue weighted by atomic mass is 35.5. The minimum absolute atomic E-state index is 0.132. The van der Waals surface area contributed by atoms with E-state index >= 15 is 0 Å². The molecule has 0 saturated carbocycles. The SMILES string of the molecule is COC(=O)C1=C(C)NC(C)=C(C(=O)OCCN2Cc3ccccc3C2)C1c1cc([N+](=O)[O-])ccc1Cl. The Hall–Kier alpha value is -3.69. The van der Waals surface area contributed by atoms with E-state index in [0.717, 1.165) is 13.1 Å². The lowest BCUT2D eigenvalue weighted by atomic mass is 9.80. The summed E-state index contributed by atoms with van der Waals surface area (Å²) < 4.78 is 10.6. The Morgan fingerprint density at radius 3 is 2.28 bits per heavy atom. The fraction of sp³-hybridized carbons (Fsp3) is 0.308. The van der Waals surface area contributed by atoms with Crippen LogP contribution in [0.25, 0.3) is 0 Å². The number of hydrogen-bond acceptors (Lipinski definition) is 8. The molecule has 0 bridgehead atoms. The van der Waals surface area contributed by atoms with Crippen LogP contribution in [0.15, 0.2) is 65.0 Å². The molecule has 10 heteroatoms. The second kappa shape index (κ2) is 10.5. The molecule has 2 aliphatic rings. The van der Waals surface area contributed by atoms with Gasteiger partial charge in [-0.3, -0.25) is 15.0 Å². The highest BCUT2D eigenvalue weighted by Crippen LogP contribution is 2.43. The normalized spacial score (nSPS) is 17.5. The van der Waals surface area contributed by atoms with Crippen molar-refractivity contribution in [2.24, 2.45) is 0 Å². The molecule has 2 aromatic rings. The van der Waals surface area contributed by atoms with Gasteiger partial charge in [-0.15, -0.1) is 0 Å². The van der Waals surface area contributed by atoms with Crippen LogP contribution in [-0.4, -0.2) is 42.0 Å². The summed E-state index contributed by atoms with van der Waals surface area (Å²) in [6.07, 6.45) is 0. The Labute approximate surface area is 213 Å². The number of nitro groups is 1. The summed E-state index contributed by atoms with van der Waals surface area (Å²) in [5.41, 5.74) is 3.73. The van der Waals surface area contributed by atoms with Gasteiger partial charge in [-0.2, -0.15) is 0 Å². The molecule has 2 heterocycles. The molecule has 0 amide bonds. The molecule has 2 aliphatic heterocycles. The van der Waals surface area contributed by atoms with Gasteiger partial charge in [-0.1, -0.05) is 35.9 Å². The first kappa shape index (κ1) is 25.4. The topological polar surface area (TPSA) is 111 Å². The Morgan fingerprint density at radius 1 is 1.08 bits per heavy atom. The molecule has 0 aromatic heterocycles. The number of esters is 2. The largest absolute Gasteiger partial charge is 0.466 e. The minimum atomic E-state index is -1.00. The third-order valence-corrected chi connectivity index (χ3v) is 6.78. The summed E-state index contributed by atoms with van der Waals surface area (Å²) in [4.78, 5) is 39.2. The number of benzene rings is 2. The van der Waals surface area contributed by atoms with Gasteiger partial charge in [0, 0.05) is 48.2 Å². The lowest BCUT2D eigenvalue weighted by Gasteiger charge is -2.30. The van der Waals surface area contributed by atoms with Crippen molar-refractivity contribution in [3.8, 4) is 0 Å². The maximum Gasteiger partial charge on any atom is 0.336 e. The number of hydrogen-bond donors (Lipinski definition) is 1. The van der Waals surface area contributed by atoms with Crippen molar-refractivity contribution in [3.63, 3.8) is 0 Å². The maximum absolute atomic E-state index is 13.4. The van der Waals surface area contributed by atoms with Crippen LogP contribution < -0.4 is 5.32 Å². The first-order valence-electron chi connectivity index (χ1n) is 11.4. The van der Waals surface area contributed by atoms with Gasteiger partial charge in [-0.25, -0.2) is 9.59 Å². The molecule has 1 N–H and O–H groups in total. The van der Waals surface area contributed by atoms with Crippen LogP contribution in [0.2, 0.25) is 5.02 Å². The molecule has 0 saturated heterocycles. The Morgan fingerprint density at radius 2 is 1.69 bits per heavy atom. The molecular formula is C26H26ClN3O6. The molecule has 2 aromatic carbocycles. The molecule has 0 fully saturated rings. The summed E-state index contributed by atoms with van der Waals surface area (Å²) in [5, 5.41) is 14.7. The number of allylic oxidation sites excluding steroid dienone is 2. The highest BCUT2D eigenvalue weighted by molar-refractivity contribution is 6.31. The van der Waals surface area contributed by atoms with E-state index in [4.69, 9.17) is 21.1 Å². The zero-order valence-corrected chi connectivity index (χ0v) is 20.9. The van der Waals surface area contributed by atoms with E-state index in [2.05, 4.69) is 22.3 Å². The molecule has 9 nitrogen and oxygen atoms in total. The van der Waals surface area contributed by atoms with Crippen molar-refractivity contribution in [2.45, 2.75) is 32.9 Å². The number of dihydropyridines is 1. The minimum Gasteiger partial charge on any atom is -0.466 e. The Bertz CT molecular complexity index is 1280. The van der Waals surface area contributed by atoms with Gasteiger partial charge in [0.2, 0.25) is 0 Å². The van der Waals surface area contributed by atoms with Gasteiger partial charge >= 0.3 is 11.9 Å². The average Bonchev–Trinajstić information content (AvgIpc) is 3.26. The molecule has 1 unspecified atom stereocenters. The van der Waals surface area contributed by atoms with Gasteiger partial charge in [0.15, 0.2) is 0 Å². The fourth-order valence-corrected chi connectivity index (χ4v) is 4.96. The van der Waals surface area contributed by atoms with E-state index in [1.165, 1.54) is 36.4 Å². The number of rotatable bonds is 7. The molecular weight excluding hydrogens is 486 g/mol. The van der Waals surface area contributed by atoms with Crippen LogP contribution in [0, 0.1) is 10.1 Å². The number of halogens is 1. The van der Waals surface area contributed by atoms with E-state index < -0.39 is 22.8 Å². The first-order chi connectivity index (χ1) is 17.2. The molecule has 4 rings (SSSR count). The molecule has 36 heavy (non-hydrogen) atoms. The fourth-order valence-electron chi connectivity index (χ4n) is 4.73. The van der Waals surface area contributed by atoms with E-state index in [1.807, 2.05) is 12.1 Å². The quantitative estimate of drug-likeness (QED) is 0.334. The number of methoxy groups -OCH3 is 1. The summed E-state index contributed by atoms with van der Waals surface area (Å²) in [6, 6.07) is 12.1. The van der Waals surface area contributed by atoms with E-state index in [0.29, 0.717) is 17.9 Å². The van der Waals surface area contributed by atoms with E-state index in [9.17, 15) is 19.7 Å². The van der Waals surface area contributed by atoms with Gasteiger partial charge in [-0.05, 0) is 36.6 Å². The summed E-state index contributed by atoms with van der Waals surface area (Å²) in [7, 11) is 1.23. The lowest BCUT2D eigenvalue weighted by molar-refractivity contribution is -0.384. The number of non-ortho nitro benzene ring substituents is 1. The van der Waals surface area contributed by atoms with Crippen LogP contribution >= 0.6 is 11.6 Å². The average molecular weight is 512 g/mol. The van der Waals surface area contributed by atoms with Gasteiger partial charge in [0.1, 0.15) is 6.61 Å². The second-order valence-corrected chi connectivity index (χ2v) is 9.11. The summed E-state index contributed by atoms with van der Waals surface area (Å²) >= 11 is 6.45. The summed E-state index contributed by atoms with van der Waals surface area (Å²) in [5.74, 6) is -2.33. The van der Waals surface area contributed by atoms with Crippen molar-refractivity contribution in [3.05, 3.63) is 96.8 Å². The zero-order valence-electron chi connectivity index (χ0n) is 20.2. The third kappa shape index (κ3) is 4.98. The predicted octanol–water partition coefficient (Wildman–Crippen LogP) is 4.22. The van der Waals surface area contributed by atoms with Crippen molar-refractivity contribution < 1.29 is 24.0 Å². The maximum atomic E-state index is 13.4. The molecule has 1 atom stereocenters. The van der Waals surface area contributed by atoms with Crippen molar-refractivity contribution in [2.75, 3.05) is 20.3 Å². The standard InChI is InChI=1S/C26H26ClN3O6/c1-15-22(25(31)35-3)24(20-12-19(30(33)34)8-9-21(20)27)23(16(2)28-15)26(32)36-11-10-29-13-17-6-4-5-7-18(17)14-29/h4-9,12,24,28H,10-11,13-14H2,1-3H3. The van der Waals surface area contributed by atoms with Gasteiger partial charge < -0.3 is 14.8 Å². The smallest absolute Gasteiger partial charge is 0.336 e. The van der Waals surface area contributed by atoms with Crippen LogP contribution in [0.5, 0.6) is 0 Å². The molecule has 188 valence electrons.